The molecule has 3 rings (SSSR count). The molecular weight excluding hydrogens is 486 g/mol. The monoisotopic (exact) mass is 527 g/mol. The van der Waals surface area contributed by atoms with Crippen molar-refractivity contribution in [3.63, 3.8) is 0 Å². The van der Waals surface area contributed by atoms with E-state index in [0.29, 0.717) is 11.2 Å². The zero-order chi connectivity index (χ0) is 27.2. The Morgan fingerprint density at radius 1 is 0.974 bits per heavy atom. The van der Waals surface area contributed by atoms with E-state index < -0.39 is 10.5 Å². The number of nitro groups is 1. The summed E-state index contributed by atoms with van der Waals surface area (Å²) in [5, 5.41) is 31.1. The van der Waals surface area contributed by atoms with E-state index in [1.165, 1.54) is 50.2 Å². The average Bonchev–Trinajstić information content (AvgIpc) is 3.41. The van der Waals surface area contributed by atoms with Crippen molar-refractivity contribution in [2.75, 3.05) is 25.1 Å². The molecular formula is C28H41N5O5. The van der Waals surface area contributed by atoms with Gasteiger partial charge in [0.2, 0.25) is 5.52 Å². The number of hydrogen-bond acceptors (Lipinski definition) is 9. The number of nitro benzene ring substituents is 1. The zero-order valence-electron chi connectivity index (χ0n) is 22.4. The normalized spacial score (nSPS) is 12.9. The molecule has 0 aliphatic carbocycles. The lowest BCUT2D eigenvalue weighted by Crippen LogP contribution is -2.40. The summed E-state index contributed by atoms with van der Waals surface area (Å²) < 4.78 is 10.6. The molecule has 0 unspecified atom stereocenters. The summed E-state index contributed by atoms with van der Waals surface area (Å²) in [6, 6.07) is 11.2. The highest BCUT2D eigenvalue weighted by molar-refractivity contribution is 5.93. The molecule has 0 saturated heterocycles. The predicted molar refractivity (Wildman–Crippen MR) is 148 cm³/mol. The molecule has 0 aliphatic heterocycles. The van der Waals surface area contributed by atoms with Crippen LogP contribution in [-0.2, 0) is 6.42 Å². The first-order chi connectivity index (χ1) is 18.4. The zero-order valence-corrected chi connectivity index (χ0v) is 22.4. The van der Waals surface area contributed by atoms with E-state index in [0.717, 1.165) is 51.0 Å². The first-order valence-corrected chi connectivity index (χ1v) is 13.6. The number of aromatic nitrogens is 2. The largest absolute Gasteiger partial charge is 0.494 e. The van der Waals surface area contributed by atoms with Crippen molar-refractivity contribution >= 4 is 22.4 Å². The second kappa shape index (κ2) is 15.2. The Labute approximate surface area is 224 Å². The van der Waals surface area contributed by atoms with Gasteiger partial charge in [-0.2, -0.15) is 0 Å². The third-order valence-corrected chi connectivity index (χ3v) is 6.77. The number of benzene rings is 2. The minimum absolute atomic E-state index is 0.00731. The number of nitrogens with zero attached hydrogens (tertiary/aromatic N) is 3. The number of nitrogens with two attached hydrogens (primary N) is 1. The molecule has 0 aliphatic rings. The Hall–Kier alpha value is -3.24. The molecule has 0 saturated carbocycles. The topological polar surface area (TPSA) is 150 Å². The Morgan fingerprint density at radius 2 is 1.61 bits per heavy atom. The van der Waals surface area contributed by atoms with Crippen molar-refractivity contribution in [2.45, 2.75) is 83.1 Å². The lowest BCUT2D eigenvalue weighted by Gasteiger charge is -2.21. The molecule has 38 heavy (non-hydrogen) atoms. The van der Waals surface area contributed by atoms with Crippen molar-refractivity contribution in [3.05, 3.63) is 52.1 Å². The second-order valence-corrected chi connectivity index (χ2v) is 10.3. The molecule has 3 aromatic rings. The molecule has 0 fully saturated rings. The Morgan fingerprint density at radius 3 is 2.26 bits per heavy atom. The third kappa shape index (κ3) is 9.57. The maximum absolute atomic E-state index is 11.1. The van der Waals surface area contributed by atoms with Crippen molar-refractivity contribution in [1.82, 2.24) is 10.3 Å². The van der Waals surface area contributed by atoms with Crippen LogP contribution in [0.3, 0.4) is 0 Å². The maximum Gasteiger partial charge on any atom is 0.300 e. The van der Waals surface area contributed by atoms with Gasteiger partial charge in [0, 0.05) is 18.2 Å². The fourth-order valence-electron chi connectivity index (χ4n) is 4.28. The number of aryl methyl sites for hydroxylation is 1. The SMILES string of the molecule is C[C@](N)(CO)CCc1ccc(OCCCCCCCCCCCNc2ccc([N+](=O)[O-])c3nonc23)cc1. The molecule has 208 valence electrons. The number of aliphatic hydroxyl groups excluding tert-OH is 1. The summed E-state index contributed by atoms with van der Waals surface area (Å²) in [7, 11) is 0. The predicted octanol–water partition coefficient (Wildman–Crippen LogP) is 5.78. The Balaban J connectivity index is 1.15. The highest BCUT2D eigenvalue weighted by Gasteiger charge is 2.19. The van der Waals surface area contributed by atoms with Crippen LogP contribution in [0.25, 0.3) is 11.0 Å². The highest BCUT2D eigenvalue weighted by atomic mass is 16.6. The molecule has 1 heterocycles. The number of anilines is 1. The number of non-ortho nitro benzene ring substituents is 1. The molecule has 4 N–H and O–H groups in total. The fraction of sp³-hybridized carbons (Fsp3) is 0.571. The Kier molecular flexibility index (Phi) is 11.8. The number of ether oxygens (including phenoxy) is 1. The van der Waals surface area contributed by atoms with Gasteiger partial charge in [0.15, 0.2) is 5.52 Å². The molecule has 0 amide bonds. The van der Waals surface area contributed by atoms with Crippen LogP contribution < -0.4 is 15.8 Å². The van der Waals surface area contributed by atoms with Crippen molar-refractivity contribution in [3.8, 4) is 5.75 Å². The minimum atomic E-state index is -0.531. The van der Waals surface area contributed by atoms with Crippen LogP contribution in [-0.4, -0.2) is 45.6 Å². The van der Waals surface area contributed by atoms with Gasteiger partial charge >= 0.3 is 5.69 Å². The molecule has 0 bridgehead atoms. The van der Waals surface area contributed by atoms with Crippen LogP contribution in [0.4, 0.5) is 11.4 Å². The summed E-state index contributed by atoms with van der Waals surface area (Å²) in [5.74, 6) is 0.900. The maximum atomic E-state index is 11.1. The quantitative estimate of drug-likeness (QED) is 0.100. The van der Waals surface area contributed by atoms with E-state index >= 15 is 0 Å². The van der Waals surface area contributed by atoms with Gasteiger partial charge in [0.25, 0.3) is 0 Å². The highest BCUT2D eigenvalue weighted by Crippen LogP contribution is 2.28. The summed E-state index contributed by atoms with van der Waals surface area (Å²) in [6.07, 6.45) is 12.2. The molecule has 10 nitrogen and oxygen atoms in total. The molecule has 2 aromatic carbocycles. The second-order valence-electron chi connectivity index (χ2n) is 10.3. The smallest absolute Gasteiger partial charge is 0.300 e. The van der Waals surface area contributed by atoms with Gasteiger partial charge in [0.1, 0.15) is 5.75 Å². The van der Waals surface area contributed by atoms with Crippen LogP contribution in [0.1, 0.15) is 76.7 Å². The summed E-state index contributed by atoms with van der Waals surface area (Å²) in [4.78, 5) is 10.6. The van der Waals surface area contributed by atoms with Crippen molar-refractivity contribution in [1.29, 1.82) is 0 Å². The van der Waals surface area contributed by atoms with Gasteiger partial charge in [-0.05, 0) is 66.7 Å². The fourth-order valence-corrected chi connectivity index (χ4v) is 4.28. The number of nitrogens with one attached hydrogen (secondary N) is 1. The van der Waals surface area contributed by atoms with E-state index in [2.05, 4.69) is 27.8 Å². The average molecular weight is 528 g/mol. The Bertz CT molecular complexity index is 1120. The van der Waals surface area contributed by atoms with E-state index in [9.17, 15) is 15.2 Å². The molecule has 0 radical (unpaired) electrons. The first-order valence-electron chi connectivity index (χ1n) is 13.6. The van der Waals surface area contributed by atoms with Crippen LogP contribution in [0, 0.1) is 10.1 Å². The van der Waals surface area contributed by atoms with Gasteiger partial charge < -0.3 is 20.9 Å². The molecule has 1 aromatic heterocycles. The first kappa shape index (κ1) is 29.3. The minimum Gasteiger partial charge on any atom is -0.494 e. The van der Waals surface area contributed by atoms with Crippen LogP contribution in [0.2, 0.25) is 0 Å². The van der Waals surface area contributed by atoms with Gasteiger partial charge in [-0.25, -0.2) is 4.63 Å². The number of aliphatic hydroxyl groups is 1. The van der Waals surface area contributed by atoms with E-state index in [4.69, 9.17) is 15.1 Å². The number of rotatable bonds is 19. The van der Waals surface area contributed by atoms with Gasteiger partial charge in [-0.1, -0.05) is 57.1 Å². The summed E-state index contributed by atoms with van der Waals surface area (Å²) >= 11 is 0. The lowest BCUT2D eigenvalue weighted by molar-refractivity contribution is -0.383. The van der Waals surface area contributed by atoms with E-state index in [1.807, 2.05) is 19.1 Å². The number of unbranched alkanes of at least 4 members (excludes halogenated alkanes) is 8. The number of hydrogen-bond donors (Lipinski definition) is 3. The lowest BCUT2D eigenvalue weighted by atomic mass is 9.95. The van der Waals surface area contributed by atoms with E-state index in [1.54, 1.807) is 6.07 Å². The molecule has 0 spiro atoms. The standard InChI is InChI=1S/C28H41N5O5/c1-28(29,21-34)18-17-22-11-13-23(14-12-22)37-20-10-8-6-4-2-3-5-7-9-19-30-24-15-16-25(33(35)36)27-26(24)31-38-32-27/h11-16,30,34H,2-10,17-21,29H2,1H3/t28-/m1/s1. The van der Waals surface area contributed by atoms with Crippen LogP contribution in [0.15, 0.2) is 41.0 Å². The van der Waals surface area contributed by atoms with Crippen LogP contribution >= 0.6 is 0 Å². The summed E-state index contributed by atoms with van der Waals surface area (Å²) in [6.45, 7) is 3.38. The van der Waals surface area contributed by atoms with Gasteiger partial charge in [-0.15, -0.1) is 0 Å². The van der Waals surface area contributed by atoms with Crippen molar-refractivity contribution < 1.29 is 19.4 Å². The van der Waals surface area contributed by atoms with Gasteiger partial charge in [-0.3, -0.25) is 10.1 Å². The molecule has 1 atom stereocenters. The van der Waals surface area contributed by atoms with Crippen molar-refractivity contribution in [2.24, 2.45) is 5.73 Å². The van der Waals surface area contributed by atoms with E-state index in [-0.39, 0.29) is 17.8 Å². The molecule has 10 heteroatoms. The third-order valence-electron chi connectivity index (χ3n) is 6.77. The van der Waals surface area contributed by atoms with Crippen LogP contribution in [0.5, 0.6) is 5.75 Å². The number of fused-ring (bicyclic) bond motifs is 1. The van der Waals surface area contributed by atoms with Gasteiger partial charge in [0.05, 0.1) is 23.8 Å². The summed E-state index contributed by atoms with van der Waals surface area (Å²) in [5.41, 5.74) is 7.84.